The quantitative estimate of drug-likeness (QED) is 0.0249. The van der Waals surface area contributed by atoms with Crippen LogP contribution in [0.1, 0.15) is 174 Å². The van der Waals surface area contributed by atoms with Crippen LogP contribution in [0.25, 0.3) is 0 Å². The molecule has 0 aromatic carbocycles. The van der Waals surface area contributed by atoms with E-state index in [4.69, 9.17) is 18.5 Å². The van der Waals surface area contributed by atoms with Crippen LogP contribution in [0.4, 0.5) is 0 Å². The normalized spacial score (nSPS) is 14.2. The number of aliphatic hydroxyl groups is 2. The topological polar surface area (TPSA) is 149 Å². The molecule has 3 unspecified atom stereocenters. The molecule has 0 spiro atoms. The van der Waals surface area contributed by atoms with E-state index < -0.39 is 58.4 Å². The summed E-state index contributed by atoms with van der Waals surface area (Å²) in [6.45, 7) is 2.05. The Bertz CT molecular complexity index is 822. The van der Waals surface area contributed by atoms with Gasteiger partial charge in [0.1, 0.15) is 12.2 Å². The first-order chi connectivity index (χ1) is 23.3. The van der Waals surface area contributed by atoms with Crippen molar-refractivity contribution in [3.05, 3.63) is 12.2 Å². The summed E-state index contributed by atoms with van der Waals surface area (Å²) in [6, 6.07) is 0. The maximum Gasteiger partial charge on any atom is 0.472 e. The lowest BCUT2D eigenvalue weighted by Crippen LogP contribution is -2.28. The molecule has 284 valence electrons. The summed E-state index contributed by atoms with van der Waals surface area (Å²) in [4.78, 5) is 34.0. The average molecular weight is 707 g/mol. The van der Waals surface area contributed by atoms with Gasteiger partial charge in [-0.1, -0.05) is 135 Å². The van der Waals surface area contributed by atoms with E-state index in [0.717, 1.165) is 38.5 Å². The summed E-state index contributed by atoms with van der Waals surface area (Å²) in [7, 11) is -4.61. The number of esters is 2. The first-order valence-corrected chi connectivity index (χ1v) is 20.6. The first kappa shape index (κ1) is 46.7. The summed E-state index contributed by atoms with van der Waals surface area (Å²) in [5.74, 6) is -1.03. The summed E-state index contributed by atoms with van der Waals surface area (Å²) in [6.07, 6.45) is 29.9. The van der Waals surface area contributed by atoms with Crippen LogP contribution in [0.5, 0.6) is 0 Å². The summed E-state index contributed by atoms with van der Waals surface area (Å²) in [5.41, 5.74) is 0. The van der Waals surface area contributed by atoms with E-state index in [2.05, 4.69) is 26.0 Å². The Labute approximate surface area is 292 Å². The highest BCUT2D eigenvalue weighted by Crippen LogP contribution is 2.43. The minimum atomic E-state index is -4.61. The number of hydrogen-bond acceptors (Lipinski definition) is 9. The maximum atomic E-state index is 12.2. The number of unbranched alkanes of at least 4 members (excludes halogenated alkanes) is 20. The van der Waals surface area contributed by atoms with Crippen molar-refractivity contribution in [2.45, 2.75) is 187 Å². The molecule has 0 fully saturated rings. The molecule has 0 heterocycles. The van der Waals surface area contributed by atoms with Gasteiger partial charge >= 0.3 is 19.8 Å². The van der Waals surface area contributed by atoms with Gasteiger partial charge in [0.2, 0.25) is 0 Å². The van der Waals surface area contributed by atoms with Crippen LogP contribution in [-0.4, -0.2) is 65.7 Å². The third kappa shape index (κ3) is 31.9. The fourth-order valence-corrected chi connectivity index (χ4v) is 6.01. The maximum absolute atomic E-state index is 12.2. The van der Waals surface area contributed by atoms with Gasteiger partial charge in [-0.25, -0.2) is 4.57 Å². The molecule has 0 saturated heterocycles. The number of hydrogen-bond donors (Lipinski definition) is 3. The molecule has 0 amide bonds. The van der Waals surface area contributed by atoms with Crippen molar-refractivity contribution < 1.29 is 47.8 Å². The standard InChI is InChI=1S/C37H71O10P/c1-3-5-7-9-10-11-12-13-14-15-16-17-18-19-20-21-22-23-24-25-27-29-37(41)47-35(31-39)33-45-48(42,43)44-32-34(30-38)46-36(40)28-26-8-6-4-2/h15-16,34-35,38-39H,3-14,17-33H2,1-2H3,(H,42,43)/b16-15-. The highest BCUT2D eigenvalue weighted by Gasteiger charge is 2.27. The van der Waals surface area contributed by atoms with Gasteiger partial charge in [0.05, 0.1) is 26.4 Å². The van der Waals surface area contributed by atoms with Gasteiger partial charge in [0, 0.05) is 12.8 Å². The molecule has 10 nitrogen and oxygen atoms in total. The van der Waals surface area contributed by atoms with E-state index in [0.29, 0.717) is 12.8 Å². The van der Waals surface area contributed by atoms with Crippen molar-refractivity contribution in [3.8, 4) is 0 Å². The summed E-state index contributed by atoms with van der Waals surface area (Å²) < 4.78 is 32.1. The number of allylic oxidation sites excluding steroid dienone is 2. The van der Waals surface area contributed by atoms with Crippen molar-refractivity contribution >= 4 is 19.8 Å². The molecular weight excluding hydrogens is 635 g/mol. The number of phosphoric acid groups is 1. The lowest BCUT2D eigenvalue weighted by Gasteiger charge is -2.20. The minimum absolute atomic E-state index is 0.186. The molecule has 3 N–H and O–H groups in total. The van der Waals surface area contributed by atoms with E-state index >= 15 is 0 Å². The largest absolute Gasteiger partial charge is 0.472 e. The molecule has 0 aliphatic rings. The monoisotopic (exact) mass is 706 g/mol. The van der Waals surface area contributed by atoms with Crippen LogP contribution in [0, 0.1) is 0 Å². The van der Waals surface area contributed by atoms with E-state index in [1.54, 1.807) is 0 Å². The number of aliphatic hydroxyl groups excluding tert-OH is 2. The zero-order chi connectivity index (χ0) is 35.6. The number of carbonyl (C=O) groups excluding carboxylic acids is 2. The van der Waals surface area contributed by atoms with Crippen LogP contribution >= 0.6 is 7.82 Å². The Morgan fingerprint density at radius 3 is 1.21 bits per heavy atom. The van der Waals surface area contributed by atoms with Crippen LogP contribution in [0.2, 0.25) is 0 Å². The molecule has 0 bridgehead atoms. The van der Waals surface area contributed by atoms with Gasteiger partial charge in [-0.2, -0.15) is 0 Å². The molecule has 0 radical (unpaired) electrons. The van der Waals surface area contributed by atoms with Crippen molar-refractivity contribution in [2.75, 3.05) is 26.4 Å². The van der Waals surface area contributed by atoms with Gasteiger partial charge in [-0.15, -0.1) is 0 Å². The molecule has 3 atom stereocenters. The van der Waals surface area contributed by atoms with Gasteiger partial charge in [-0.3, -0.25) is 18.6 Å². The fraction of sp³-hybridized carbons (Fsp3) is 0.892. The molecule has 0 rings (SSSR count). The third-order valence-electron chi connectivity index (χ3n) is 8.23. The Morgan fingerprint density at radius 1 is 0.542 bits per heavy atom. The van der Waals surface area contributed by atoms with Crippen molar-refractivity contribution in [2.24, 2.45) is 0 Å². The van der Waals surface area contributed by atoms with Gasteiger partial charge in [0.25, 0.3) is 0 Å². The van der Waals surface area contributed by atoms with Crippen LogP contribution in [0.15, 0.2) is 12.2 Å². The number of rotatable bonds is 36. The second-order valence-corrected chi connectivity index (χ2v) is 14.4. The predicted octanol–water partition coefficient (Wildman–Crippen LogP) is 9.28. The lowest BCUT2D eigenvalue weighted by atomic mass is 10.1. The zero-order valence-corrected chi connectivity index (χ0v) is 31.4. The zero-order valence-electron chi connectivity index (χ0n) is 30.5. The molecule has 0 aromatic rings. The van der Waals surface area contributed by atoms with Gasteiger partial charge in [-0.05, 0) is 38.5 Å². The Hall–Kier alpha value is -1.29. The molecule has 0 aliphatic carbocycles. The van der Waals surface area contributed by atoms with Crippen LogP contribution in [0.3, 0.4) is 0 Å². The Morgan fingerprint density at radius 2 is 0.854 bits per heavy atom. The number of phosphoric ester groups is 1. The van der Waals surface area contributed by atoms with E-state index in [1.165, 1.54) is 96.3 Å². The van der Waals surface area contributed by atoms with E-state index in [9.17, 15) is 29.3 Å². The molecule has 48 heavy (non-hydrogen) atoms. The highest BCUT2D eigenvalue weighted by atomic mass is 31.2. The summed E-state index contributed by atoms with van der Waals surface area (Å²) in [5, 5.41) is 18.9. The number of carbonyl (C=O) groups is 2. The van der Waals surface area contributed by atoms with Gasteiger partial charge < -0.3 is 24.6 Å². The Kier molecular flexibility index (Phi) is 33.3. The van der Waals surface area contributed by atoms with Crippen molar-refractivity contribution in [3.63, 3.8) is 0 Å². The second-order valence-electron chi connectivity index (χ2n) is 12.9. The third-order valence-corrected chi connectivity index (χ3v) is 9.18. The van der Waals surface area contributed by atoms with Crippen LogP contribution in [-0.2, 0) is 32.7 Å². The van der Waals surface area contributed by atoms with Gasteiger partial charge in [0.15, 0.2) is 0 Å². The summed E-state index contributed by atoms with van der Waals surface area (Å²) >= 11 is 0. The lowest BCUT2D eigenvalue weighted by molar-refractivity contribution is -0.153. The van der Waals surface area contributed by atoms with Crippen LogP contribution < -0.4 is 0 Å². The number of ether oxygens (including phenoxy) is 2. The van der Waals surface area contributed by atoms with E-state index in [1.807, 2.05) is 0 Å². The first-order valence-electron chi connectivity index (χ1n) is 19.1. The molecular formula is C37H71O10P. The highest BCUT2D eigenvalue weighted by molar-refractivity contribution is 7.47. The molecule has 0 aromatic heterocycles. The van der Waals surface area contributed by atoms with Crippen molar-refractivity contribution in [1.82, 2.24) is 0 Å². The minimum Gasteiger partial charge on any atom is -0.457 e. The van der Waals surface area contributed by atoms with E-state index in [-0.39, 0.29) is 12.8 Å². The van der Waals surface area contributed by atoms with Crippen molar-refractivity contribution in [1.29, 1.82) is 0 Å². The molecule has 0 aliphatic heterocycles. The molecule has 0 saturated carbocycles. The second kappa shape index (κ2) is 34.2. The average Bonchev–Trinajstić information content (AvgIpc) is 3.07. The predicted molar refractivity (Wildman–Crippen MR) is 192 cm³/mol. The smallest absolute Gasteiger partial charge is 0.457 e. The molecule has 11 heteroatoms. The fourth-order valence-electron chi connectivity index (χ4n) is 5.23. The SMILES string of the molecule is CCCCCCCCCC/C=C\CCCCCCCCCCCC(=O)OC(CO)COP(=O)(O)OCC(CO)OC(=O)CCCCCC. The Balaban J connectivity index is 3.81.